The van der Waals surface area contributed by atoms with E-state index in [0.717, 1.165) is 23.2 Å². The molecule has 188 valence electrons. The molecule has 3 aromatic heterocycles. The Bertz CT molecular complexity index is 1550. The highest BCUT2D eigenvalue weighted by molar-refractivity contribution is 7.90. The first-order chi connectivity index (χ1) is 17.1. The topological polar surface area (TPSA) is 123 Å². The first-order valence-electron chi connectivity index (χ1n) is 11.0. The molecule has 1 aromatic carbocycles. The molecule has 0 spiro atoms. The second-order valence-electron chi connectivity index (χ2n) is 8.55. The molecule has 2 atom stereocenters. The summed E-state index contributed by atoms with van der Waals surface area (Å²) in [5, 5.41) is 7.14. The summed E-state index contributed by atoms with van der Waals surface area (Å²) in [5.41, 5.74) is 8.86. The van der Waals surface area contributed by atoms with E-state index in [-0.39, 0.29) is 29.6 Å². The molecule has 36 heavy (non-hydrogen) atoms. The molecule has 1 amide bonds. The van der Waals surface area contributed by atoms with Crippen LogP contribution in [0.3, 0.4) is 0 Å². The highest BCUT2D eigenvalue weighted by atomic mass is 35.5. The number of hydrogen-bond donors (Lipinski definition) is 2. The molecule has 5 rings (SSSR count). The van der Waals surface area contributed by atoms with Gasteiger partial charge in [-0.2, -0.15) is 5.10 Å². The van der Waals surface area contributed by atoms with Crippen LogP contribution in [0.5, 0.6) is 0 Å². The number of carbonyl (C=O) groups excluding carboxylic acids is 1. The lowest BCUT2D eigenvalue weighted by atomic mass is 10.0. The number of nitrogens with zero attached hydrogens (tertiary/aromatic N) is 4. The van der Waals surface area contributed by atoms with Crippen LogP contribution in [-0.4, -0.2) is 60.5 Å². The van der Waals surface area contributed by atoms with E-state index in [1.165, 1.54) is 18.5 Å². The first kappa shape index (κ1) is 24.5. The third-order valence-electron chi connectivity index (χ3n) is 6.12. The molecule has 1 saturated heterocycles. The van der Waals surface area contributed by atoms with E-state index >= 15 is 0 Å². The number of fused-ring (bicyclic) bond motifs is 1. The average Bonchev–Trinajstić information content (AvgIpc) is 3.45. The van der Waals surface area contributed by atoms with Gasteiger partial charge >= 0.3 is 0 Å². The van der Waals surface area contributed by atoms with Crippen LogP contribution in [0.4, 0.5) is 15.9 Å². The maximum Gasteiger partial charge on any atom is 0.261 e. The molecule has 1 aliphatic rings. The Kier molecular flexibility index (Phi) is 6.35. The lowest BCUT2D eigenvalue weighted by Gasteiger charge is -2.36. The van der Waals surface area contributed by atoms with Gasteiger partial charge in [0.25, 0.3) is 5.91 Å². The number of carbonyl (C=O) groups is 1. The SMILES string of the molecule is CS(=O)(=O)c1ccc(-c2cc(N3CC[C@H](F)[C@H](NC(=O)c4ccc(Cl)s4)C3)c3c(N)ncnn23)cc1. The van der Waals surface area contributed by atoms with E-state index in [1.807, 2.05) is 11.0 Å². The van der Waals surface area contributed by atoms with Crippen molar-refractivity contribution < 1.29 is 17.6 Å². The molecule has 0 aliphatic carbocycles. The lowest BCUT2D eigenvalue weighted by Crippen LogP contribution is -2.53. The van der Waals surface area contributed by atoms with Gasteiger partial charge in [0.15, 0.2) is 15.7 Å². The Morgan fingerprint density at radius 1 is 1.25 bits per heavy atom. The minimum absolute atomic E-state index is 0.206. The number of halogens is 2. The molecule has 4 aromatic rings. The standard InChI is InChI=1S/C23H22ClFN6O3S2/c1-36(33,34)14-4-2-13(3-5-14)17-10-18(21-22(26)27-12-28-31(17)21)30-9-8-15(25)16(11-30)29-23(32)19-6-7-20(24)35-19/h2-7,10,12,15-16H,8-9,11H2,1H3,(H,29,32)(H2,26,27,28)/t15-,16+/m0/s1. The summed E-state index contributed by atoms with van der Waals surface area (Å²) in [5.74, 6) is -0.132. The number of benzene rings is 1. The van der Waals surface area contributed by atoms with Crippen LogP contribution in [0.1, 0.15) is 16.1 Å². The minimum atomic E-state index is -3.34. The lowest BCUT2D eigenvalue weighted by molar-refractivity contribution is 0.0904. The smallest absolute Gasteiger partial charge is 0.261 e. The Morgan fingerprint density at radius 2 is 2.00 bits per heavy atom. The van der Waals surface area contributed by atoms with Crippen molar-refractivity contribution in [2.75, 3.05) is 30.0 Å². The van der Waals surface area contributed by atoms with Gasteiger partial charge < -0.3 is 16.0 Å². The number of rotatable bonds is 5. The molecule has 0 unspecified atom stereocenters. The third kappa shape index (κ3) is 4.63. The Morgan fingerprint density at radius 3 is 2.67 bits per heavy atom. The van der Waals surface area contributed by atoms with Gasteiger partial charge in [-0.3, -0.25) is 4.79 Å². The summed E-state index contributed by atoms with van der Waals surface area (Å²) in [4.78, 5) is 19.3. The van der Waals surface area contributed by atoms with E-state index in [1.54, 1.807) is 28.8 Å². The van der Waals surface area contributed by atoms with Crippen molar-refractivity contribution in [3.63, 3.8) is 0 Å². The number of thiophene rings is 1. The monoisotopic (exact) mass is 548 g/mol. The van der Waals surface area contributed by atoms with Crippen molar-refractivity contribution >= 4 is 55.7 Å². The fraction of sp³-hybridized carbons (Fsp3) is 0.261. The van der Waals surface area contributed by atoms with E-state index in [0.29, 0.717) is 32.7 Å². The van der Waals surface area contributed by atoms with Gasteiger partial charge in [-0.15, -0.1) is 11.3 Å². The summed E-state index contributed by atoms with van der Waals surface area (Å²) < 4.78 is 40.7. The molecular weight excluding hydrogens is 527 g/mol. The van der Waals surface area contributed by atoms with Gasteiger partial charge in [0, 0.05) is 24.9 Å². The summed E-state index contributed by atoms with van der Waals surface area (Å²) in [6, 6.07) is 10.8. The number of nitrogens with two attached hydrogens (primary N) is 1. The Hall–Kier alpha value is -3.22. The maximum absolute atomic E-state index is 14.8. The molecule has 13 heteroatoms. The second-order valence-corrected chi connectivity index (χ2v) is 12.3. The van der Waals surface area contributed by atoms with E-state index < -0.39 is 22.1 Å². The fourth-order valence-electron chi connectivity index (χ4n) is 4.32. The van der Waals surface area contributed by atoms with Crippen LogP contribution in [0.15, 0.2) is 53.7 Å². The van der Waals surface area contributed by atoms with E-state index in [9.17, 15) is 17.6 Å². The summed E-state index contributed by atoms with van der Waals surface area (Å²) in [6.45, 7) is 0.616. The molecule has 0 radical (unpaired) electrons. The molecule has 9 nitrogen and oxygen atoms in total. The predicted octanol–water partition coefficient (Wildman–Crippen LogP) is 3.44. The summed E-state index contributed by atoms with van der Waals surface area (Å²) in [7, 11) is -3.34. The van der Waals surface area contributed by atoms with E-state index in [2.05, 4.69) is 15.4 Å². The van der Waals surface area contributed by atoms with Crippen molar-refractivity contribution in [2.45, 2.75) is 23.5 Å². The van der Waals surface area contributed by atoms with Gasteiger partial charge in [-0.25, -0.2) is 22.3 Å². The fourth-order valence-corrected chi connectivity index (χ4v) is 5.90. The average molecular weight is 549 g/mol. The highest BCUT2D eigenvalue weighted by Crippen LogP contribution is 2.36. The van der Waals surface area contributed by atoms with Crippen molar-refractivity contribution in [2.24, 2.45) is 0 Å². The van der Waals surface area contributed by atoms with Crippen LogP contribution in [0, 0.1) is 0 Å². The van der Waals surface area contributed by atoms with Gasteiger partial charge in [-0.1, -0.05) is 23.7 Å². The van der Waals surface area contributed by atoms with Gasteiger partial charge in [-0.05, 0) is 36.8 Å². The first-order valence-corrected chi connectivity index (χ1v) is 14.1. The van der Waals surface area contributed by atoms with Crippen molar-refractivity contribution in [1.82, 2.24) is 19.9 Å². The number of piperidine rings is 1. The maximum atomic E-state index is 14.8. The number of nitrogen functional groups attached to an aromatic ring is 1. The quantitative estimate of drug-likeness (QED) is 0.391. The molecule has 3 N–H and O–H groups in total. The third-order valence-corrected chi connectivity index (χ3v) is 8.48. The zero-order valence-corrected chi connectivity index (χ0v) is 21.4. The number of amides is 1. The summed E-state index contributed by atoms with van der Waals surface area (Å²) >= 11 is 7.07. The number of sulfone groups is 1. The normalized spacial score (nSPS) is 18.5. The zero-order valence-electron chi connectivity index (χ0n) is 19.1. The number of alkyl halides is 1. The van der Waals surface area contributed by atoms with Crippen LogP contribution in [0.25, 0.3) is 16.8 Å². The Labute approximate surface area is 215 Å². The van der Waals surface area contributed by atoms with Crippen molar-refractivity contribution in [1.29, 1.82) is 0 Å². The van der Waals surface area contributed by atoms with Gasteiger partial charge in [0.05, 0.1) is 31.5 Å². The minimum Gasteiger partial charge on any atom is -0.382 e. The van der Waals surface area contributed by atoms with Crippen molar-refractivity contribution in [3.8, 4) is 11.3 Å². The summed E-state index contributed by atoms with van der Waals surface area (Å²) in [6.07, 6.45) is 1.48. The number of aromatic nitrogens is 3. The van der Waals surface area contributed by atoms with E-state index in [4.69, 9.17) is 17.3 Å². The van der Waals surface area contributed by atoms with Crippen LogP contribution in [-0.2, 0) is 9.84 Å². The van der Waals surface area contributed by atoms with Gasteiger partial charge in [0.2, 0.25) is 0 Å². The zero-order chi connectivity index (χ0) is 25.6. The van der Waals surface area contributed by atoms with Crippen LogP contribution in [0.2, 0.25) is 4.34 Å². The molecular formula is C23H22ClFN6O3S2. The highest BCUT2D eigenvalue weighted by Gasteiger charge is 2.33. The second kappa shape index (κ2) is 9.34. The van der Waals surface area contributed by atoms with Crippen LogP contribution < -0.4 is 16.0 Å². The van der Waals surface area contributed by atoms with Gasteiger partial charge in [0.1, 0.15) is 18.0 Å². The number of hydrogen-bond acceptors (Lipinski definition) is 8. The number of nitrogens with one attached hydrogen (secondary N) is 1. The Balaban J connectivity index is 1.49. The van der Waals surface area contributed by atoms with Crippen molar-refractivity contribution in [3.05, 3.63) is 58.0 Å². The molecule has 1 aliphatic heterocycles. The molecule has 1 fully saturated rings. The number of anilines is 2. The molecule has 0 saturated carbocycles. The largest absolute Gasteiger partial charge is 0.382 e. The molecule has 4 heterocycles. The predicted molar refractivity (Wildman–Crippen MR) is 138 cm³/mol. The molecule has 0 bridgehead atoms. The van der Waals surface area contributed by atoms with Crippen LogP contribution >= 0.6 is 22.9 Å².